The lowest BCUT2D eigenvalue weighted by molar-refractivity contribution is 0.313. The Morgan fingerprint density at radius 2 is 2.25 bits per heavy atom. The number of ether oxygens (including phenoxy) is 1. The molecule has 2 atom stereocenters. The van der Waals surface area contributed by atoms with Crippen molar-refractivity contribution in [3.8, 4) is 11.5 Å². The third kappa shape index (κ3) is 1.99. The highest BCUT2D eigenvalue weighted by atomic mass is 16.5. The molecule has 1 heterocycles. The second-order valence-electron chi connectivity index (χ2n) is 4.38. The van der Waals surface area contributed by atoms with E-state index in [-0.39, 0.29) is 11.8 Å². The van der Waals surface area contributed by atoms with Gasteiger partial charge in [-0.15, -0.1) is 0 Å². The summed E-state index contributed by atoms with van der Waals surface area (Å²) in [6.07, 6.45) is 0.949. The average molecular weight is 222 g/mol. The van der Waals surface area contributed by atoms with Crippen LogP contribution in [0.2, 0.25) is 0 Å². The minimum absolute atomic E-state index is 0.177. The zero-order valence-corrected chi connectivity index (χ0v) is 9.68. The fourth-order valence-corrected chi connectivity index (χ4v) is 2.33. The molecule has 88 valence electrons. The molecule has 0 bridgehead atoms. The number of phenolic OH excluding ortho intramolecular Hbond substituents is 1. The predicted octanol–water partition coefficient (Wildman–Crippen LogP) is 1.10. The number of nitrogens with two attached hydrogens (primary N) is 1. The number of rotatable bonds is 2. The molecule has 0 aromatic heterocycles. The number of hydrogen-bond acceptors (Lipinski definition) is 4. The Bertz CT molecular complexity index is 381. The van der Waals surface area contributed by atoms with Gasteiger partial charge < -0.3 is 15.6 Å². The molecule has 4 nitrogen and oxygen atoms in total. The van der Waals surface area contributed by atoms with Crippen molar-refractivity contribution >= 4 is 0 Å². The standard InChI is InChI=1S/C12H18N2O2/c1-14-7-9(13)6-10(14)8-3-4-11(15)12(5-8)16-2/h3-5,9-10,15H,6-7,13H2,1-2H3. The second kappa shape index (κ2) is 4.31. The Balaban J connectivity index is 2.27. The Hall–Kier alpha value is -1.26. The maximum Gasteiger partial charge on any atom is 0.160 e. The van der Waals surface area contributed by atoms with E-state index in [1.54, 1.807) is 13.2 Å². The van der Waals surface area contributed by atoms with E-state index in [9.17, 15) is 5.11 Å². The predicted molar refractivity (Wildman–Crippen MR) is 62.6 cm³/mol. The minimum atomic E-state index is 0.177. The molecule has 1 aliphatic heterocycles. The number of aromatic hydroxyl groups is 1. The first-order valence-corrected chi connectivity index (χ1v) is 5.44. The highest BCUT2D eigenvalue weighted by Gasteiger charge is 2.28. The molecule has 0 saturated carbocycles. The Morgan fingerprint density at radius 1 is 1.50 bits per heavy atom. The smallest absolute Gasteiger partial charge is 0.160 e. The summed E-state index contributed by atoms with van der Waals surface area (Å²) in [5.74, 6) is 0.697. The van der Waals surface area contributed by atoms with Crippen molar-refractivity contribution in [2.24, 2.45) is 5.73 Å². The van der Waals surface area contributed by atoms with Crippen LogP contribution in [-0.4, -0.2) is 36.8 Å². The zero-order chi connectivity index (χ0) is 11.7. The van der Waals surface area contributed by atoms with Gasteiger partial charge in [-0.3, -0.25) is 4.90 Å². The average Bonchev–Trinajstić information content (AvgIpc) is 2.59. The molecular formula is C12H18N2O2. The van der Waals surface area contributed by atoms with Crippen LogP contribution in [0.25, 0.3) is 0 Å². The lowest BCUT2D eigenvalue weighted by Gasteiger charge is -2.20. The van der Waals surface area contributed by atoms with E-state index in [1.165, 1.54) is 0 Å². The van der Waals surface area contributed by atoms with Crippen LogP contribution in [0.15, 0.2) is 18.2 Å². The Labute approximate surface area is 95.6 Å². The van der Waals surface area contributed by atoms with Gasteiger partial charge in [0.1, 0.15) is 0 Å². The number of hydrogen-bond donors (Lipinski definition) is 2. The summed E-state index contributed by atoms with van der Waals surface area (Å²) in [7, 11) is 3.62. The zero-order valence-electron chi connectivity index (χ0n) is 9.68. The van der Waals surface area contributed by atoms with Crippen LogP contribution in [-0.2, 0) is 0 Å². The molecule has 1 saturated heterocycles. The van der Waals surface area contributed by atoms with Gasteiger partial charge in [0.15, 0.2) is 11.5 Å². The molecule has 0 amide bonds. The van der Waals surface area contributed by atoms with Crippen LogP contribution in [0.3, 0.4) is 0 Å². The largest absolute Gasteiger partial charge is 0.504 e. The van der Waals surface area contributed by atoms with Gasteiger partial charge in [-0.05, 0) is 31.2 Å². The van der Waals surface area contributed by atoms with Gasteiger partial charge in [-0.25, -0.2) is 0 Å². The van der Waals surface area contributed by atoms with Crippen LogP contribution in [0.5, 0.6) is 11.5 Å². The number of benzene rings is 1. The number of nitrogens with zero attached hydrogens (tertiary/aromatic N) is 1. The van der Waals surface area contributed by atoms with E-state index in [1.807, 2.05) is 12.1 Å². The van der Waals surface area contributed by atoms with Crippen LogP contribution < -0.4 is 10.5 Å². The van der Waals surface area contributed by atoms with Crippen molar-refractivity contribution in [1.29, 1.82) is 0 Å². The lowest BCUT2D eigenvalue weighted by atomic mass is 10.0. The maximum atomic E-state index is 9.53. The first kappa shape index (κ1) is 11.2. The number of likely N-dealkylation sites (tertiary alicyclic amines) is 1. The molecule has 2 unspecified atom stereocenters. The third-order valence-corrected chi connectivity index (χ3v) is 3.17. The van der Waals surface area contributed by atoms with Gasteiger partial charge in [0.05, 0.1) is 7.11 Å². The summed E-state index contributed by atoms with van der Waals surface area (Å²) in [6, 6.07) is 6.04. The van der Waals surface area contributed by atoms with Crippen molar-refractivity contribution in [1.82, 2.24) is 4.90 Å². The van der Waals surface area contributed by atoms with Gasteiger partial charge in [-0.2, -0.15) is 0 Å². The van der Waals surface area contributed by atoms with Gasteiger partial charge in [-0.1, -0.05) is 6.07 Å². The fraction of sp³-hybridized carbons (Fsp3) is 0.500. The highest BCUT2D eigenvalue weighted by molar-refractivity contribution is 5.43. The molecule has 3 N–H and O–H groups in total. The summed E-state index contributed by atoms with van der Waals surface area (Å²) >= 11 is 0. The summed E-state index contributed by atoms with van der Waals surface area (Å²) in [5.41, 5.74) is 7.07. The van der Waals surface area contributed by atoms with Crippen LogP contribution in [0.4, 0.5) is 0 Å². The molecule has 0 spiro atoms. The molecule has 0 aliphatic carbocycles. The topological polar surface area (TPSA) is 58.7 Å². The Kier molecular flexibility index (Phi) is 3.03. The lowest BCUT2D eigenvalue weighted by Crippen LogP contribution is -2.24. The highest BCUT2D eigenvalue weighted by Crippen LogP contribution is 2.35. The Morgan fingerprint density at radius 3 is 2.81 bits per heavy atom. The number of methoxy groups -OCH3 is 1. The van der Waals surface area contributed by atoms with Gasteiger partial charge in [0.2, 0.25) is 0 Å². The van der Waals surface area contributed by atoms with Crippen LogP contribution >= 0.6 is 0 Å². The maximum absolute atomic E-state index is 9.53. The minimum Gasteiger partial charge on any atom is -0.504 e. The normalized spacial score (nSPS) is 25.9. The van der Waals surface area contributed by atoms with E-state index in [4.69, 9.17) is 10.5 Å². The summed E-state index contributed by atoms with van der Waals surface area (Å²) in [4.78, 5) is 2.23. The van der Waals surface area contributed by atoms with Crippen molar-refractivity contribution < 1.29 is 9.84 Å². The first-order valence-electron chi connectivity index (χ1n) is 5.44. The van der Waals surface area contributed by atoms with Gasteiger partial charge >= 0.3 is 0 Å². The summed E-state index contributed by atoms with van der Waals surface area (Å²) in [6.45, 7) is 0.911. The van der Waals surface area contributed by atoms with Crippen molar-refractivity contribution in [3.63, 3.8) is 0 Å². The van der Waals surface area contributed by atoms with E-state index in [2.05, 4.69) is 11.9 Å². The van der Waals surface area contributed by atoms with Crippen LogP contribution in [0, 0.1) is 0 Å². The monoisotopic (exact) mass is 222 g/mol. The second-order valence-corrected chi connectivity index (χ2v) is 4.38. The summed E-state index contributed by atoms with van der Waals surface area (Å²) in [5, 5.41) is 9.53. The molecular weight excluding hydrogens is 204 g/mol. The van der Waals surface area contributed by atoms with E-state index >= 15 is 0 Å². The third-order valence-electron chi connectivity index (χ3n) is 3.17. The number of likely N-dealkylation sites (N-methyl/N-ethyl adjacent to an activating group) is 1. The molecule has 4 heteroatoms. The number of phenols is 1. The van der Waals surface area contributed by atoms with Crippen molar-refractivity contribution in [3.05, 3.63) is 23.8 Å². The molecule has 2 rings (SSSR count). The molecule has 16 heavy (non-hydrogen) atoms. The fourth-order valence-electron chi connectivity index (χ4n) is 2.33. The van der Waals surface area contributed by atoms with Crippen molar-refractivity contribution in [2.45, 2.75) is 18.5 Å². The van der Waals surface area contributed by atoms with Gasteiger partial charge in [0.25, 0.3) is 0 Å². The van der Waals surface area contributed by atoms with E-state index < -0.39 is 0 Å². The van der Waals surface area contributed by atoms with Crippen molar-refractivity contribution in [2.75, 3.05) is 20.7 Å². The summed E-state index contributed by atoms with van der Waals surface area (Å²) < 4.78 is 5.11. The molecule has 1 aliphatic rings. The first-order chi connectivity index (χ1) is 7.61. The van der Waals surface area contributed by atoms with Crippen LogP contribution in [0.1, 0.15) is 18.0 Å². The van der Waals surface area contributed by atoms with Gasteiger partial charge in [0, 0.05) is 18.6 Å². The van der Waals surface area contributed by atoms with E-state index in [0.29, 0.717) is 11.8 Å². The molecule has 1 aromatic rings. The molecule has 1 fully saturated rings. The van der Waals surface area contributed by atoms with E-state index in [0.717, 1.165) is 18.5 Å². The SMILES string of the molecule is COc1cc(C2CC(N)CN2C)ccc1O. The molecule has 0 radical (unpaired) electrons. The molecule has 1 aromatic carbocycles. The quantitative estimate of drug-likeness (QED) is 0.787.